The molecule has 1 aliphatic rings. The van der Waals surface area contributed by atoms with Crippen molar-refractivity contribution in [3.63, 3.8) is 0 Å². The third kappa shape index (κ3) is 8.33. The Balaban J connectivity index is 1.42. The molecule has 0 spiro atoms. The van der Waals surface area contributed by atoms with Crippen molar-refractivity contribution in [1.29, 1.82) is 0 Å². The second-order valence-corrected chi connectivity index (χ2v) is 8.84. The highest BCUT2D eigenvalue weighted by Crippen LogP contribution is 2.32. The molecule has 166 valence electrons. The van der Waals surface area contributed by atoms with Crippen LogP contribution in [0.15, 0.2) is 48.5 Å². The topological polar surface area (TPSA) is 18.5 Å². The quantitative estimate of drug-likeness (QED) is 0.291. The highest BCUT2D eigenvalue weighted by molar-refractivity contribution is 5.45. The molecule has 3 rings (SSSR count). The average Bonchev–Trinajstić information content (AvgIpc) is 2.82. The summed E-state index contributed by atoms with van der Waals surface area (Å²) in [6.07, 6.45) is 11.8. The Morgan fingerprint density at radius 1 is 0.677 bits per heavy atom. The zero-order valence-electron chi connectivity index (χ0n) is 19.4. The minimum atomic E-state index is 0.714. The molecule has 0 unspecified atom stereocenters. The van der Waals surface area contributed by atoms with E-state index in [0.29, 0.717) is 5.92 Å². The van der Waals surface area contributed by atoms with Gasteiger partial charge in [0.1, 0.15) is 11.5 Å². The molecular formula is C29H38O2. The molecule has 1 aliphatic carbocycles. The molecule has 0 atom stereocenters. The van der Waals surface area contributed by atoms with Crippen molar-refractivity contribution >= 4 is 0 Å². The molecule has 0 aliphatic heterocycles. The van der Waals surface area contributed by atoms with E-state index in [1.165, 1.54) is 44.9 Å². The van der Waals surface area contributed by atoms with Crippen molar-refractivity contribution in [3.8, 4) is 23.3 Å². The lowest BCUT2D eigenvalue weighted by atomic mass is 9.80. The lowest BCUT2D eigenvalue weighted by molar-refractivity contribution is 0.178. The van der Waals surface area contributed by atoms with Crippen LogP contribution in [0.4, 0.5) is 0 Å². The number of unbranched alkanes of at least 4 members (excludes halogenated alkanes) is 2. The maximum Gasteiger partial charge on any atom is 0.119 e. The van der Waals surface area contributed by atoms with Crippen LogP contribution in [-0.2, 0) is 0 Å². The van der Waals surface area contributed by atoms with Gasteiger partial charge in [0.15, 0.2) is 0 Å². The van der Waals surface area contributed by atoms with E-state index in [4.69, 9.17) is 9.47 Å². The van der Waals surface area contributed by atoms with Crippen LogP contribution in [-0.4, -0.2) is 13.2 Å². The van der Waals surface area contributed by atoms with Gasteiger partial charge in [0.25, 0.3) is 0 Å². The monoisotopic (exact) mass is 418 g/mol. The van der Waals surface area contributed by atoms with E-state index in [-0.39, 0.29) is 0 Å². The summed E-state index contributed by atoms with van der Waals surface area (Å²) in [6.45, 7) is 6.08. The maximum absolute atomic E-state index is 6.07. The smallest absolute Gasteiger partial charge is 0.119 e. The van der Waals surface area contributed by atoms with Crippen molar-refractivity contribution in [1.82, 2.24) is 0 Å². The normalized spacial score (nSPS) is 18.1. The van der Waals surface area contributed by atoms with Crippen LogP contribution in [0.2, 0.25) is 0 Å². The average molecular weight is 419 g/mol. The number of hydrogen-bond donors (Lipinski definition) is 0. The molecule has 2 aromatic carbocycles. The highest BCUT2D eigenvalue weighted by atomic mass is 16.5. The van der Waals surface area contributed by atoms with Crippen LogP contribution in [0.3, 0.4) is 0 Å². The van der Waals surface area contributed by atoms with Gasteiger partial charge in [-0.25, -0.2) is 0 Å². The first-order valence-electron chi connectivity index (χ1n) is 12.2. The molecule has 0 amide bonds. The summed E-state index contributed by atoms with van der Waals surface area (Å²) in [6, 6.07) is 16.2. The van der Waals surface area contributed by atoms with Crippen molar-refractivity contribution in [3.05, 3.63) is 59.7 Å². The van der Waals surface area contributed by atoms with Gasteiger partial charge >= 0.3 is 0 Å². The van der Waals surface area contributed by atoms with Crippen LogP contribution in [0.1, 0.15) is 82.8 Å². The van der Waals surface area contributed by atoms with Crippen LogP contribution in [0.5, 0.6) is 11.5 Å². The Morgan fingerprint density at radius 3 is 1.74 bits per heavy atom. The molecular weight excluding hydrogens is 380 g/mol. The van der Waals surface area contributed by atoms with Gasteiger partial charge in [-0.3, -0.25) is 0 Å². The summed E-state index contributed by atoms with van der Waals surface area (Å²) in [4.78, 5) is 0. The van der Waals surface area contributed by atoms with Gasteiger partial charge in [-0.2, -0.15) is 0 Å². The van der Waals surface area contributed by atoms with E-state index in [1.807, 2.05) is 48.5 Å². The summed E-state index contributed by atoms with van der Waals surface area (Å²) < 4.78 is 11.8. The zero-order chi connectivity index (χ0) is 21.7. The van der Waals surface area contributed by atoms with E-state index >= 15 is 0 Å². The third-order valence-corrected chi connectivity index (χ3v) is 6.24. The lowest BCUT2D eigenvalue weighted by Crippen LogP contribution is -2.20. The first-order chi connectivity index (χ1) is 15.3. The molecule has 2 nitrogen and oxygen atoms in total. The first kappa shape index (κ1) is 23.3. The SMILES string of the molecule is CCCCOc1ccc(C#Cc2ccc(OC[C@H]3CC[C@H](CCCC)CC3)cc2)cc1. The second-order valence-electron chi connectivity index (χ2n) is 8.84. The van der Waals surface area contributed by atoms with Crippen molar-refractivity contribution in [2.24, 2.45) is 11.8 Å². The summed E-state index contributed by atoms with van der Waals surface area (Å²) in [7, 11) is 0. The van der Waals surface area contributed by atoms with Crippen LogP contribution >= 0.6 is 0 Å². The molecule has 0 heterocycles. The number of ether oxygens (including phenoxy) is 2. The van der Waals surface area contributed by atoms with Gasteiger partial charge in [0.2, 0.25) is 0 Å². The first-order valence-corrected chi connectivity index (χ1v) is 12.2. The molecule has 0 bridgehead atoms. The fourth-order valence-corrected chi connectivity index (χ4v) is 4.14. The number of hydrogen-bond acceptors (Lipinski definition) is 2. The Bertz CT molecular complexity index is 803. The lowest BCUT2D eigenvalue weighted by Gasteiger charge is -2.28. The van der Waals surface area contributed by atoms with Crippen LogP contribution in [0.25, 0.3) is 0 Å². The highest BCUT2D eigenvalue weighted by Gasteiger charge is 2.21. The number of benzene rings is 2. The Morgan fingerprint density at radius 2 is 1.19 bits per heavy atom. The van der Waals surface area contributed by atoms with E-state index in [0.717, 1.165) is 54.6 Å². The van der Waals surface area contributed by atoms with E-state index in [2.05, 4.69) is 25.7 Å². The van der Waals surface area contributed by atoms with Crippen molar-refractivity contribution < 1.29 is 9.47 Å². The van der Waals surface area contributed by atoms with E-state index in [1.54, 1.807) is 0 Å². The Hall–Kier alpha value is -2.40. The van der Waals surface area contributed by atoms with E-state index in [9.17, 15) is 0 Å². The molecule has 2 aromatic rings. The molecule has 0 aromatic heterocycles. The maximum atomic E-state index is 6.07. The van der Waals surface area contributed by atoms with Crippen LogP contribution < -0.4 is 9.47 Å². The molecule has 1 fully saturated rings. The summed E-state index contributed by atoms with van der Waals surface area (Å²) in [5.74, 6) is 10.0. The molecule has 1 saturated carbocycles. The standard InChI is InChI=1S/C29H38O2/c1-3-5-7-24-10-12-27(13-11-24)23-31-29-20-16-26(17-21-29)9-8-25-14-18-28(19-15-25)30-22-6-4-2/h14-21,24,27H,3-7,10-13,22-23H2,1-2H3/t24-,27-. The molecule has 0 radical (unpaired) electrons. The van der Waals surface area contributed by atoms with Crippen molar-refractivity contribution in [2.45, 2.75) is 71.6 Å². The van der Waals surface area contributed by atoms with Crippen LogP contribution in [0, 0.1) is 23.7 Å². The van der Waals surface area contributed by atoms with Gasteiger partial charge in [-0.1, -0.05) is 64.2 Å². The fraction of sp³-hybridized carbons (Fsp3) is 0.517. The van der Waals surface area contributed by atoms with Gasteiger partial charge in [0.05, 0.1) is 13.2 Å². The molecule has 0 saturated heterocycles. The summed E-state index contributed by atoms with van der Waals surface area (Å²) in [5, 5.41) is 0. The second kappa shape index (κ2) is 13.1. The van der Waals surface area contributed by atoms with E-state index < -0.39 is 0 Å². The van der Waals surface area contributed by atoms with Gasteiger partial charge in [-0.15, -0.1) is 0 Å². The molecule has 31 heavy (non-hydrogen) atoms. The number of rotatable bonds is 10. The molecule has 0 N–H and O–H groups in total. The summed E-state index contributed by atoms with van der Waals surface area (Å²) in [5.41, 5.74) is 2.00. The van der Waals surface area contributed by atoms with Gasteiger partial charge in [-0.05, 0) is 79.6 Å². The zero-order valence-corrected chi connectivity index (χ0v) is 19.4. The minimum Gasteiger partial charge on any atom is -0.494 e. The fourth-order valence-electron chi connectivity index (χ4n) is 4.14. The molecule has 2 heteroatoms. The predicted octanol–water partition coefficient (Wildman–Crippen LogP) is 7.64. The van der Waals surface area contributed by atoms with Gasteiger partial charge in [0, 0.05) is 11.1 Å². The Kier molecular flexibility index (Phi) is 9.84. The summed E-state index contributed by atoms with van der Waals surface area (Å²) >= 11 is 0. The van der Waals surface area contributed by atoms with Crippen molar-refractivity contribution in [2.75, 3.05) is 13.2 Å². The largest absolute Gasteiger partial charge is 0.494 e. The third-order valence-electron chi connectivity index (χ3n) is 6.24. The predicted molar refractivity (Wildman–Crippen MR) is 130 cm³/mol. The van der Waals surface area contributed by atoms with Gasteiger partial charge < -0.3 is 9.47 Å². The minimum absolute atomic E-state index is 0.714. The Labute approximate surface area is 189 Å².